The van der Waals surface area contributed by atoms with Crippen LogP contribution in [0.1, 0.15) is 39.5 Å². The molecule has 0 radical (unpaired) electrons. The predicted molar refractivity (Wildman–Crippen MR) is 95.9 cm³/mol. The van der Waals surface area contributed by atoms with Gasteiger partial charge in [-0.1, -0.05) is 36.8 Å². The second-order valence-corrected chi connectivity index (χ2v) is 7.11. The number of aromatic nitrogens is 1. The SMILES string of the molecule is C[C@H]1CCCCC1=NNC(=O)[C@@H](C)Nc1nc2ccccc2s1. The highest BCUT2D eigenvalue weighted by Crippen LogP contribution is 2.25. The number of carbonyl (C=O) groups is 1. The molecule has 1 fully saturated rings. The number of para-hydroxylation sites is 1. The maximum absolute atomic E-state index is 12.2. The number of hydrazone groups is 1. The van der Waals surface area contributed by atoms with Gasteiger partial charge in [-0.3, -0.25) is 4.79 Å². The normalized spacial score (nSPS) is 21.3. The van der Waals surface area contributed by atoms with Crippen molar-refractivity contribution in [3.63, 3.8) is 0 Å². The van der Waals surface area contributed by atoms with Crippen molar-refractivity contribution in [3.8, 4) is 0 Å². The first kappa shape index (κ1) is 15.9. The average molecular weight is 330 g/mol. The number of hydrogen-bond donors (Lipinski definition) is 2. The monoisotopic (exact) mass is 330 g/mol. The first-order valence-electron chi connectivity index (χ1n) is 8.12. The number of rotatable bonds is 4. The van der Waals surface area contributed by atoms with Crippen molar-refractivity contribution in [1.82, 2.24) is 10.4 Å². The van der Waals surface area contributed by atoms with E-state index in [2.05, 4.69) is 27.8 Å². The zero-order valence-corrected chi connectivity index (χ0v) is 14.3. The number of anilines is 1. The molecule has 5 nitrogen and oxygen atoms in total. The van der Waals surface area contributed by atoms with Gasteiger partial charge in [-0.05, 0) is 44.2 Å². The number of hydrogen-bond acceptors (Lipinski definition) is 5. The topological polar surface area (TPSA) is 66.4 Å². The Hall–Kier alpha value is -1.95. The van der Waals surface area contributed by atoms with E-state index in [0.717, 1.165) is 33.9 Å². The molecule has 1 aliphatic carbocycles. The van der Waals surface area contributed by atoms with Crippen LogP contribution in [-0.2, 0) is 4.79 Å². The van der Waals surface area contributed by atoms with Gasteiger partial charge >= 0.3 is 0 Å². The van der Waals surface area contributed by atoms with E-state index < -0.39 is 0 Å². The summed E-state index contributed by atoms with van der Waals surface area (Å²) >= 11 is 1.55. The second-order valence-electron chi connectivity index (χ2n) is 6.08. The molecule has 1 heterocycles. The highest BCUT2D eigenvalue weighted by atomic mass is 32.1. The average Bonchev–Trinajstić information content (AvgIpc) is 2.96. The van der Waals surface area contributed by atoms with Crippen LogP contribution in [0, 0.1) is 5.92 Å². The van der Waals surface area contributed by atoms with Crippen molar-refractivity contribution in [2.75, 3.05) is 5.32 Å². The van der Waals surface area contributed by atoms with Crippen LogP contribution in [0.3, 0.4) is 0 Å². The van der Waals surface area contributed by atoms with Gasteiger partial charge in [0, 0.05) is 5.71 Å². The number of fused-ring (bicyclic) bond motifs is 1. The Labute approximate surface area is 140 Å². The zero-order chi connectivity index (χ0) is 16.2. The maximum Gasteiger partial charge on any atom is 0.262 e. The van der Waals surface area contributed by atoms with Crippen LogP contribution in [0.15, 0.2) is 29.4 Å². The van der Waals surface area contributed by atoms with Crippen molar-refractivity contribution in [2.45, 2.75) is 45.6 Å². The van der Waals surface area contributed by atoms with Crippen LogP contribution < -0.4 is 10.7 Å². The maximum atomic E-state index is 12.2. The summed E-state index contributed by atoms with van der Waals surface area (Å²) in [4.78, 5) is 16.7. The molecule has 0 unspecified atom stereocenters. The molecule has 6 heteroatoms. The zero-order valence-electron chi connectivity index (χ0n) is 13.5. The van der Waals surface area contributed by atoms with E-state index in [4.69, 9.17) is 0 Å². The molecule has 1 aliphatic rings. The van der Waals surface area contributed by atoms with E-state index in [0.29, 0.717) is 5.92 Å². The molecule has 0 bridgehead atoms. The van der Waals surface area contributed by atoms with Crippen LogP contribution in [0.25, 0.3) is 10.2 Å². The fraction of sp³-hybridized carbons (Fsp3) is 0.471. The fourth-order valence-corrected chi connectivity index (χ4v) is 3.70. The molecule has 122 valence electrons. The van der Waals surface area contributed by atoms with Crippen molar-refractivity contribution in [3.05, 3.63) is 24.3 Å². The van der Waals surface area contributed by atoms with Gasteiger partial charge in [0.2, 0.25) is 0 Å². The minimum atomic E-state index is -0.376. The van der Waals surface area contributed by atoms with Crippen LogP contribution in [0.2, 0.25) is 0 Å². The molecule has 1 aromatic carbocycles. The molecule has 0 aliphatic heterocycles. The molecule has 3 rings (SSSR count). The third-order valence-corrected chi connectivity index (χ3v) is 5.19. The number of amides is 1. The van der Waals surface area contributed by atoms with Crippen LogP contribution in [0.4, 0.5) is 5.13 Å². The van der Waals surface area contributed by atoms with Gasteiger partial charge in [0.15, 0.2) is 5.13 Å². The van der Waals surface area contributed by atoms with E-state index >= 15 is 0 Å². The largest absolute Gasteiger partial charge is 0.350 e. The molecule has 23 heavy (non-hydrogen) atoms. The Bertz CT molecular complexity index is 691. The molecule has 2 aromatic rings. The highest BCUT2D eigenvalue weighted by molar-refractivity contribution is 7.22. The summed E-state index contributed by atoms with van der Waals surface area (Å²) in [6.07, 6.45) is 4.57. The molecule has 2 atom stereocenters. The van der Waals surface area contributed by atoms with Gasteiger partial charge in [0.1, 0.15) is 6.04 Å². The van der Waals surface area contributed by atoms with Gasteiger partial charge < -0.3 is 5.32 Å². The summed E-state index contributed by atoms with van der Waals surface area (Å²) in [6.45, 7) is 4.00. The van der Waals surface area contributed by atoms with E-state index in [1.807, 2.05) is 31.2 Å². The predicted octanol–water partition coefficient (Wildman–Crippen LogP) is 3.78. The van der Waals surface area contributed by atoms with E-state index in [1.54, 1.807) is 11.3 Å². The van der Waals surface area contributed by atoms with Crippen molar-refractivity contribution < 1.29 is 4.79 Å². The summed E-state index contributed by atoms with van der Waals surface area (Å²) in [5.41, 5.74) is 4.76. The van der Waals surface area contributed by atoms with Crippen molar-refractivity contribution >= 4 is 38.3 Å². The Balaban J connectivity index is 1.59. The summed E-state index contributed by atoms with van der Waals surface area (Å²) in [6, 6.07) is 7.57. The minimum Gasteiger partial charge on any atom is -0.350 e. The van der Waals surface area contributed by atoms with Crippen LogP contribution in [0.5, 0.6) is 0 Å². The first-order valence-corrected chi connectivity index (χ1v) is 8.93. The lowest BCUT2D eigenvalue weighted by Crippen LogP contribution is -2.36. The molecule has 0 spiro atoms. The Kier molecular flexibility index (Phi) is 4.91. The van der Waals surface area contributed by atoms with Gasteiger partial charge in [0.25, 0.3) is 5.91 Å². The third kappa shape index (κ3) is 3.88. The van der Waals surface area contributed by atoms with Gasteiger partial charge in [0.05, 0.1) is 10.2 Å². The van der Waals surface area contributed by atoms with Crippen LogP contribution >= 0.6 is 11.3 Å². The smallest absolute Gasteiger partial charge is 0.262 e. The molecular formula is C17H22N4OS. The van der Waals surface area contributed by atoms with E-state index in [-0.39, 0.29) is 11.9 Å². The van der Waals surface area contributed by atoms with Gasteiger partial charge in [-0.2, -0.15) is 5.10 Å². The van der Waals surface area contributed by atoms with Gasteiger partial charge in [-0.25, -0.2) is 10.4 Å². The number of nitrogens with zero attached hydrogens (tertiary/aromatic N) is 2. The summed E-state index contributed by atoms with van der Waals surface area (Å²) in [7, 11) is 0. The molecule has 1 saturated carbocycles. The summed E-state index contributed by atoms with van der Waals surface area (Å²) in [5, 5.41) is 8.24. The number of carbonyl (C=O) groups excluding carboxylic acids is 1. The quantitative estimate of drug-likeness (QED) is 0.838. The molecule has 0 saturated heterocycles. The number of benzene rings is 1. The van der Waals surface area contributed by atoms with Gasteiger partial charge in [-0.15, -0.1) is 0 Å². The Morgan fingerprint density at radius 2 is 2.22 bits per heavy atom. The second kappa shape index (κ2) is 7.08. The number of thiazole rings is 1. The summed E-state index contributed by atoms with van der Waals surface area (Å²) < 4.78 is 1.11. The van der Waals surface area contributed by atoms with E-state index in [1.165, 1.54) is 12.8 Å². The van der Waals surface area contributed by atoms with Crippen LogP contribution in [-0.4, -0.2) is 22.6 Å². The highest BCUT2D eigenvalue weighted by Gasteiger charge is 2.18. The van der Waals surface area contributed by atoms with Crippen molar-refractivity contribution in [2.24, 2.45) is 11.0 Å². The van der Waals surface area contributed by atoms with E-state index in [9.17, 15) is 4.79 Å². The fourth-order valence-electron chi connectivity index (χ4n) is 2.74. The number of nitrogens with one attached hydrogen (secondary N) is 2. The lowest BCUT2D eigenvalue weighted by Gasteiger charge is -2.20. The Morgan fingerprint density at radius 1 is 1.39 bits per heavy atom. The lowest BCUT2D eigenvalue weighted by atomic mass is 9.89. The molecular weight excluding hydrogens is 308 g/mol. The standard InChI is InChI=1S/C17H22N4OS/c1-11-7-3-4-8-13(11)20-21-16(22)12(2)18-17-19-14-9-5-6-10-15(14)23-17/h5-6,9-12H,3-4,7-8H2,1-2H3,(H,18,19)(H,21,22)/t11-,12+/m0/s1. The lowest BCUT2D eigenvalue weighted by molar-refractivity contribution is -0.121. The molecule has 1 aromatic heterocycles. The minimum absolute atomic E-state index is 0.130. The van der Waals surface area contributed by atoms with Crippen molar-refractivity contribution in [1.29, 1.82) is 0 Å². The Morgan fingerprint density at radius 3 is 3.00 bits per heavy atom. The summed E-state index contributed by atoms with van der Waals surface area (Å²) in [5.74, 6) is 0.339. The molecule has 2 N–H and O–H groups in total. The first-order chi connectivity index (χ1) is 11.1. The third-order valence-electron chi connectivity index (χ3n) is 4.23. The molecule has 1 amide bonds.